The summed E-state index contributed by atoms with van der Waals surface area (Å²) in [6.07, 6.45) is 7.89. The fourth-order valence-corrected chi connectivity index (χ4v) is 4.50. The van der Waals surface area contributed by atoms with E-state index in [1.807, 2.05) is 6.92 Å². The minimum Gasteiger partial charge on any atom is -0.355 e. The Morgan fingerprint density at radius 1 is 1.21 bits per heavy atom. The van der Waals surface area contributed by atoms with Crippen molar-refractivity contribution < 1.29 is 4.79 Å². The zero-order valence-electron chi connectivity index (χ0n) is 14.3. The Hall–Kier alpha value is -1.34. The summed E-state index contributed by atoms with van der Waals surface area (Å²) in [5, 5.41) is 6.17. The van der Waals surface area contributed by atoms with Gasteiger partial charge in [-0.3, -0.25) is 4.79 Å². The number of hydrogen-bond acceptors (Lipinski definition) is 6. The van der Waals surface area contributed by atoms with E-state index < -0.39 is 0 Å². The predicted octanol–water partition coefficient (Wildman–Crippen LogP) is 2.00. The van der Waals surface area contributed by atoms with Gasteiger partial charge in [0.2, 0.25) is 5.95 Å². The number of amides is 1. The molecule has 1 aromatic heterocycles. The highest BCUT2D eigenvalue weighted by Gasteiger charge is 2.27. The molecule has 6 nitrogen and oxygen atoms in total. The third kappa shape index (κ3) is 4.60. The number of nitrogens with zero attached hydrogens (tertiary/aromatic N) is 3. The molecule has 2 aliphatic rings. The summed E-state index contributed by atoms with van der Waals surface area (Å²) < 4.78 is 0. The highest BCUT2D eigenvalue weighted by molar-refractivity contribution is 7.99. The van der Waals surface area contributed by atoms with Crippen LogP contribution in [0.2, 0.25) is 0 Å². The van der Waals surface area contributed by atoms with Crippen LogP contribution in [0, 0.1) is 0 Å². The van der Waals surface area contributed by atoms with Crippen LogP contribution in [0.5, 0.6) is 0 Å². The number of piperidine rings is 1. The zero-order chi connectivity index (χ0) is 16.8. The van der Waals surface area contributed by atoms with Crippen molar-refractivity contribution in [3.8, 4) is 0 Å². The molecule has 0 aliphatic carbocycles. The molecule has 0 spiro atoms. The fourth-order valence-electron chi connectivity index (χ4n) is 3.42. The molecule has 132 valence electrons. The second kappa shape index (κ2) is 8.67. The van der Waals surface area contributed by atoms with Crippen LogP contribution in [0.3, 0.4) is 0 Å². The van der Waals surface area contributed by atoms with Crippen molar-refractivity contribution in [1.82, 2.24) is 20.2 Å². The highest BCUT2D eigenvalue weighted by atomic mass is 32.2. The lowest BCUT2D eigenvalue weighted by Gasteiger charge is -2.39. The van der Waals surface area contributed by atoms with E-state index in [0.717, 1.165) is 38.5 Å². The average molecular weight is 350 g/mol. The fraction of sp³-hybridized carbons (Fsp3) is 0.706. The third-order valence-corrected chi connectivity index (χ3v) is 5.87. The molecular formula is C17H27N5OS. The summed E-state index contributed by atoms with van der Waals surface area (Å²) in [5.41, 5.74) is 0.531. The summed E-state index contributed by atoms with van der Waals surface area (Å²) in [4.78, 5) is 23.3. The van der Waals surface area contributed by atoms with E-state index >= 15 is 0 Å². The second-order valence-corrected chi connectivity index (χ2v) is 7.68. The van der Waals surface area contributed by atoms with Crippen LogP contribution in [0.1, 0.15) is 43.0 Å². The van der Waals surface area contributed by atoms with Crippen LogP contribution in [-0.4, -0.2) is 64.0 Å². The molecule has 0 radical (unpaired) electrons. The van der Waals surface area contributed by atoms with Crippen LogP contribution in [0.25, 0.3) is 0 Å². The molecule has 0 unspecified atom stereocenters. The normalized spacial score (nSPS) is 20.7. The number of thioether (sulfide) groups is 1. The predicted molar refractivity (Wildman–Crippen MR) is 98.6 cm³/mol. The van der Waals surface area contributed by atoms with Gasteiger partial charge in [0.1, 0.15) is 0 Å². The van der Waals surface area contributed by atoms with Crippen molar-refractivity contribution in [2.75, 3.05) is 36.5 Å². The van der Waals surface area contributed by atoms with E-state index in [1.54, 1.807) is 12.4 Å². The summed E-state index contributed by atoms with van der Waals surface area (Å²) in [6, 6.07) is 1.02. The largest absolute Gasteiger partial charge is 0.355 e. The Kier molecular flexibility index (Phi) is 6.31. The van der Waals surface area contributed by atoms with E-state index in [0.29, 0.717) is 11.5 Å². The third-order valence-electron chi connectivity index (χ3n) is 4.82. The molecule has 7 heteroatoms. The zero-order valence-corrected chi connectivity index (χ0v) is 15.1. The highest BCUT2D eigenvalue weighted by Crippen LogP contribution is 2.24. The Bertz CT molecular complexity index is 524. The van der Waals surface area contributed by atoms with Gasteiger partial charge in [0.25, 0.3) is 5.91 Å². The lowest BCUT2D eigenvalue weighted by molar-refractivity contribution is 0.0886. The molecule has 0 saturated carbocycles. The number of likely N-dealkylation sites (tertiary alicyclic amines) is 1. The van der Waals surface area contributed by atoms with Gasteiger partial charge in [-0.05, 0) is 44.1 Å². The van der Waals surface area contributed by atoms with Gasteiger partial charge in [0.05, 0.1) is 5.56 Å². The van der Waals surface area contributed by atoms with Crippen molar-refractivity contribution in [2.24, 2.45) is 0 Å². The first-order chi connectivity index (χ1) is 11.8. The van der Waals surface area contributed by atoms with Crippen LogP contribution in [0.15, 0.2) is 12.4 Å². The Morgan fingerprint density at radius 2 is 1.88 bits per heavy atom. The Labute approximate surface area is 148 Å². The van der Waals surface area contributed by atoms with Gasteiger partial charge in [-0.1, -0.05) is 0 Å². The standard InChI is InChI=1S/C17H27N5OS/c1-2-18-17-19-11-13(12-20-17)16(23)21-14-3-7-22(8-4-14)15-5-9-24-10-6-15/h11-12,14-15H,2-10H2,1H3,(H,21,23)(H,18,19,20). The van der Waals surface area contributed by atoms with Crippen molar-refractivity contribution in [3.05, 3.63) is 18.0 Å². The monoisotopic (exact) mass is 349 g/mol. The minimum absolute atomic E-state index is 0.0643. The number of rotatable bonds is 5. The van der Waals surface area contributed by atoms with E-state index in [1.165, 1.54) is 24.3 Å². The van der Waals surface area contributed by atoms with E-state index in [9.17, 15) is 4.79 Å². The topological polar surface area (TPSA) is 70.2 Å². The second-order valence-electron chi connectivity index (χ2n) is 6.45. The van der Waals surface area contributed by atoms with Crippen LogP contribution in [-0.2, 0) is 0 Å². The molecule has 1 amide bonds. The van der Waals surface area contributed by atoms with Crippen molar-refractivity contribution in [3.63, 3.8) is 0 Å². The SMILES string of the molecule is CCNc1ncc(C(=O)NC2CCN(C3CCSCC3)CC2)cn1. The number of carbonyl (C=O) groups excluding carboxylic acids is 1. The number of carbonyl (C=O) groups is 1. The van der Waals surface area contributed by atoms with Crippen molar-refractivity contribution in [1.29, 1.82) is 0 Å². The number of anilines is 1. The maximum absolute atomic E-state index is 12.3. The molecule has 2 fully saturated rings. The molecule has 3 heterocycles. The molecule has 24 heavy (non-hydrogen) atoms. The summed E-state index contributed by atoms with van der Waals surface area (Å²) in [7, 11) is 0. The van der Waals surface area contributed by atoms with Gasteiger partial charge < -0.3 is 15.5 Å². The molecule has 0 atom stereocenters. The molecule has 0 bridgehead atoms. The van der Waals surface area contributed by atoms with Gasteiger partial charge in [-0.2, -0.15) is 11.8 Å². The maximum Gasteiger partial charge on any atom is 0.254 e. The van der Waals surface area contributed by atoms with E-state index in [-0.39, 0.29) is 11.9 Å². The molecule has 3 rings (SSSR count). The first-order valence-corrected chi connectivity index (χ1v) is 10.1. The van der Waals surface area contributed by atoms with Crippen LogP contribution >= 0.6 is 11.8 Å². The quantitative estimate of drug-likeness (QED) is 0.847. The van der Waals surface area contributed by atoms with Crippen molar-refractivity contribution >= 4 is 23.6 Å². The lowest BCUT2D eigenvalue weighted by atomic mass is 10.0. The smallest absolute Gasteiger partial charge is 0.254 e. The lowest BCUT2D eigenvalue weighted by Crippen LogP contribution is -2.48. The molecular weight excluding hydrogens is 322 g/mol. The van der Waals surface area contributed by atoms with E-state index in [4.69, 9.17) is 0 Å². The molecule has 2 saturated heterocycles. The van der Waals surface area contributed by atoms with Gasteiger partial charge >= 0.3 is 0 Å². The molecule has 2 aliphatic heterocycles. The first-order valence-electron chi connectivity index (χ1n) is 8.95. The summed E-state index contributed by atoms with van der Waals surface area (Å²) in [6.45, 7) is 4.94. The number of aromatic nitrogens is 2. The summed E-state index contributed by atoms with van der Waals surface area (Å²) in [5.74, 6) is 3.09. The number of hydrogen-bond donors (Lipinski definition) is 2. The van der Waals surface area contributed by atoms with Gasteiger partial charge in [-0.15, -0.1) is 0 Å². The summed E-state index contributed by atoms with van der Waals surface area (Å²) >= 11 is 2.07. The van der Waals surface area contributed by atoms with Gasteiger partial charge in [-0.25, -0.2) is 9.97 Å². The maximum atomic E-state index is 12.3. The number of nitrogens with one attached hydrogen (secondary N) is 2. The average Bonchev–Trinajstić information content (AvgIpc) is 2.64. The Balaban J connectivity index is 1.45. The first kappa shape index (κ1) is 17.5. The molecule has 1 aromatic rings. The van der Waals surface area contributed by atoms with E-state index in [2.05, 4.69) is 37.3 Å². The molecule has 2 N–H and O–H groups in total. The van der Waals surface area contributed by atoms with Gasteiger partial charge in [0, 0.05) is 44.1 Å². The minimum atomic E-state index is -0.0643. The van der Waals surface area contributed by atoms with Gasteiger partial charge in [0.15, 0.2) is 0 Å². The van der Waals surface area contributed by atoms with Crippen molar-refractivity contribution in [2.45, 2.75) is 44.7 Å². The Morgan fingerprint density at radius 3 is 2.50 bits per heavy atom. The molecule has 0 aromatic carbocycles. The van der Waals surface area contributed by atoms with Crippen LogP contribution < -0.4 is 10.6 Å². The van der Waals surface area contributed by atoms with Crippen LogP contribution in [0.4, 0.5) is 5.95 Å².